The quantitative estimate of drug-likeness (QED) is 0.528. The van der Waals surface area contributed by atoms with E-state index >= 15 is 0 Å². The summed E-state index contributed by atoms with van der Waals surface area (Å²) in [7, 11) is 0. The lowest BCUT2D eigenvalue weighted by molar-refractivity contribution is 0.500. The third-order valence-corrected chi connectivity index (χ3v) is 4.17. The molecule has 1 atom stereocenters. The van der Waals surface area contributed by atoms with Crippen molar-refractivity contribution in [3.05, 3.63) is 82.9 Å². The number of hydrogen-bond acceptors (Lipinski definition) is 0. The lowest BCUT2D eigenvalue weighted by Crippen LogP contribution is -2.00. The predicted molar refractivity (Wildman–Crippen MR) is 82.7 cm³/mol. The van der Waals surface area contributed by atoms with Crippen LogP contribution >= 0.6 is 11.6 Å². The summed E-state index contributed by atoms with van der Waals surface area (Å²) >= 11 is 6.43. The molecule has 21 heavy (non-hydrogen) atoms. The van der Waals surface area contributed by atoms with Crippen molar-refractivity contribution in [3.63, 3.8) is 0 Å². The van der Waals surface area contributed by atoms with Crippen molar-refractivity contribution < 1.29 is 8.78 Å². The van der Waals surface area contributed by atoms with Gasteiger partial charge in [-0.05, 0) is 34.9 Å². The van der Waals surface area contributed by atoms with Gasteiger partial charge in [-0.3, -0.25) is 0 Å². The summed E-state index contributed by atoms with van der Waals surface area (Å²) in [5.41, 5.74) is 2.06. The molecule has 3 rings (SSSR count). The number of halogens is 3. The Morgan fingerprint density at radius 1 is 0.810 bits per heavy atom. The Morgan fingerprint density at radius 3 is 2.29 bits per heavy atom. The maximum absolute atomic E-state index is 14.0. The van der Waals surface area contributed by atoms with E-state index in [1.165, 1.54) is 12.1 Å². The molecule has 0 aliphatic carbocycles. The van der Waals surface area contributed by atoms with E-state index in [4.69, 9.17) is 11.6 Å². The molecular weight excluding hydrogens is 290 g/mol. The van der Waals surface area contributed by atoms with E-state index in [1.54, 1.807) is 0 Å². The summed E-state index contributed by atoms with van der Waals surface area (Å²) in [6, 6.07) is 15.7. The minimum atomic E-state index is -0.887. The number of rotatable bonds is 2. The molecule has 0 aliphatic heterocycles. The standard InChI is InChI=1S/C18H13ClF2/c1-11-9-10-14(13-6-3-2-5-12(11)13)17(19)15-7-4-8-16(20)18(15)21/h2-10,17H,1H3. The van der Waals surface area contributed by atoms with Crippen molar-refractivity contribution in [2.24, 2.45) is 0 Å². The molecule has 0 saturated carbocycles. The van der Waals surface area contributed by atoms with Crippen LogP contribution in [0.15, 0.2) is 54.6 Å². The van der Waals surface area contributed by atoms with Gasteiger partial charge in [-0.15, -0.1) is 11.6 Å². The fourth-order valence-electron chi connectivity index (χ4n) is 2.58. The second kappa shape index (κ2) is 5.45. The average Bonchev–Trinajstić information content (AvgIpc) is 2.50. The Hall–Kier alpha value is -1.93. The second-order valence-electron chi connectivity index (χ2n) is 5.02. The molecule has 3 aromatic carbocycles. The third-order valence-electron chi connectivity index (χ3n) is 3.70. The molecule has 0 saturated heterocycles. The number of hydrogen-bond donors (Lipinski definition) is 0. The molecule has 0 spiro atoms. The summed E-state index contributed by atoms with van der Waals surface area (Å²) in [6.45, 7) is 2.01. The molecule has 0 nitrogen and oxygen atoms in total. The largest absolute Gasteiger partial charge is 0.204 e. The van der Waals surface area contributed by atoms with E-state index in [2.05, 4.69) is 0 Å². The van der Waals surface area contributed by atoms with Gasteiger partial charge in [0.2, 0.25) is 0 Å². The molecule has 1 unspecified atom stereocenters. The number of benzene rings is 3. The molecule has 106 valence electrons. The topological polar surface area (TPSA) is 0 Å². The lowest BCUT2D eigenvalue weighted by Gasteiger charge is -2.15. The molecule has 3 heteroatoms. The van der Waals surface area contributed by atoms with Crippen LogP contribution in [0.4, 0.5) is 8.78 Å². The molecule has 0 radical (unpaired) electrons. The molecule has 0 N–H and O–H groups in total. The SMILES string of the molecule is Cc1ccc(C(Cl)c2cccc(F)c2F)c2ccccc12. The van der Waals surface area contributed by atoms with E-state index in [0.29, 0.717) is 0 Å². The van der Waals surface area contributed by atoms with E-state index in [1.807, 2.05) is 43.3 Å². The van der Waals surface area contributed by atoms with Crippen LogP contribution in [0.25, 0.3) is 10.8 Å². The van der Waals surface area contributed by atoms with Crippen LogP contribution in [0.5, 0.6) is 0 Å². The molecular formula is C18H13ClF2. The first-order valence-electron chi connectivity index (χ1n) is 6.66. The molecule has 0 heterocycles. The van der Waals surface area contributed by atoms with Crippen molar-refractivity contribution in [3.8, 4) is 0 Å². The van der Waals surface area contributed by atoms with Crippen molar-refractivity contribution in [2.75, 3.05) is 0 Å². The highest BCUT2D eigenvalue weighted by atomic mass is 35.5. The summed E-state index contributed by atoms with van der Waals surface area (Å²) in [6.07, 6.45) is 0. The highest BCUT2D eigenvalue weighted by Crippen LogP contribution is 2.36. The number of aryl methyl sites for hydroxylation is 1. The monoisotopic (exact) mass is 302 g/mol. The van der Waals surface area contributed by atoms with Crippen LogP contribution in [0.1, 0.15) is 22.1 Å². The van der Waals surface area contributed by atoms with Gasteiger partial charge in [0.25, 0.3) is 0 Å². The van der Waals surface area contributed by atoms with Crippen molar-refractivity contribution >= 4 is 22.4 Å². The van der Waals surface area contributed by atoms with Crippen LogP contribution in [-0.4, -0.2) is 0 Å². The van der Waals surface area contributed by atoms with Gasteiger partial charge >= 0.3 is 0 Å². The van der Waals surface area contributed by atoms with Crippen LogP contribution in [0, 0.1) is 18.6 Å². The highest BCUT2D eigenvalue weighted by Gasteiger charge is 2.19. The van der Waals surface area contributed by atoms with Crippen molar-refractivity contribution in [1.82, 2.24) is 0 Å². The first kappa shape index (κ1) is 14.0. The Balaban J connectivity index is 2.21. The molecule has 0 aromatic heterocycles. The maximum Gasteiger partial charge on any atom is 0.163 e. The Morgan fingerprint density at radius 2 is 1.52 bits per heavy atom. The highest BCUT2D eigenvalue weighted by molar-refractivity contribution is 6.23. The zero-order valence-corrected chi connectivity index (χ0v) is 12.2. The fraction of sp³-hybridized carbons (Fsp3) is 0.111. The predicted octanol–water partition coefficient (Wildman–Crippen LogP) is 5.75. The first-order chi connectivity index (χ1) is 10.1. The van der Waals surface area contributed by atoms with E-state index in [0.717, 1.165) is 28.0 Å². The van der Waals surface area contributed by atoms with Gasteiger partial charge in [0, 0.05) is 5.56 Å². The van der Waals surface area contributed by atoms with E-state index < -0.39 is 17.0 Å². The number of alkyl halides is 1. The summed E-state index contributed by atoms with van der Waals surface area (Å²) in [4.78, 5) is 0. The third kappa shape index (κ3) is 2.40. The van der Waals surface area contributed by atoms with E-state index in [-0.39, 0.29) is 5.56 Å². The minimum Gasteiger partial charge on any atom is -0.204 e. The van der Waals surface area contributed by atoms with Crippen LogP contribution in [-0.2, 0) is 0 Å². The molecule has 3 aromatic rings. The Labute approximate surface area is 127 Å². The average molecular weight is 303 g/mol. The van der Waals surface area contributed by atoms with Crippen molar-refractivity contribution in [1.29, 1.82) is 0 Å². The van der Waals surface area contributed by atoms with Crippen LogP contribution in [0.2, 0.25) is 0 Å². The molecule has 0 fully saturated rings. The maximum atomic E-state index is 14.0. The zero-order chi connectivity index (χ0) is 15.0. The van der Waals surface area contributed by atoms with Gasteiger partial charge in [-0.2, -0.15) is 0 Å². The Bertz CT molecular complexity index is 811. The van der Waals surface area contributed by atoms with Crippen molar-refractivity contribution in [2.45, 2.75) is 12.3 Å². The second-order valence-corrected chi connectivity index (χ2v) is 5.46. The van der Waals surface area contributed by atoms with Crippen LogP contribution < -0.4 is 0 Å². The summed E-state index contributed by atoms with van der Waals surface area (Å²) in [5, 5.41) is 1.30. The molecule has 0 bridgehead atoms. The molecule has 0 amide bonds. The van der Waals surface area contributed by atoms with Gasteiger partial charge in [0.15, 0.2) is 11.6 Å². The summed E-state index contributed by atoms with van der Waals surface area (Å²) in [5.74, 6) is -1.77. The minimum absolute atomic E-state index is 0.158. The lowest BCUT2D eigenvalue weighted by atomic mass is 9.95. The summed E-state index contributed by atoms with van der Waals surface area (Å²) < 4.78 is 27.4. The van der Waals surface area contributed by atoms with Crippen LogP contribution in [0.3, 0.4) is 0 Å². The van der Waals surface area contributed by atoms with Gasteiger partial charge in [-0.25, -0.2) is 8.78 Å². The first-order valence-corrected chi connectivity index (χ1v) is 7.09. The normalized spacial score (nSPS) is 12.6. The fourth-order valence-corrected chi connectivity index (χ4v) is 2.94. The smallest absolute Gasteiger partial charge is 0.163 e. The van der Waals surface area contributed by atoms with Gasteiger partial charge < -0.3 is 0 Å². The van der Waals surface area contributed by atoms with Gasteiger partial charge in [0.05, 0.1) is 5.38 Å². The zero-order valence-electron chi connectivity index (χ0n) is 11.4. The Kier molecular flexibility index (Phi) is 3.64. The molecule has 0 aliphatic rings. The van der Waals surface area contributed by atoms with Gasteiger partial charge in [0.1, 0.15) is 0 Å². The van der Waals surface area contributed by atoms with Gasteiger partial charge in [-0.1, -0.05) is 48.5 Å². The number of fused-ring (bicyclic) bond motifs is 1. The van der Waals surface area contributed by atoms with E-state index in [9.17, 15) is 8.78 Å².